The van der Waals surface area contributed by atoms with Gasteiger partial charge in [-0.15, -0.1) is 0 Å². The maximum absolute atomic E-state index is 14.7. The van der Waals surface area contributed by atoms with Crippen LogP contribution in [0.3, 0.4) is 0 Å². The Morgan fingerprint density at radius 3 is 2.50 bits per heavy atom. The Morgan fingerprint density at radius 2 is 1.87 bits per heavy atom. The quantitative estimate of drug-likeness (QED) is 0.468. The molecule has 2 N–H and O–H groups in total. The first-order valence-corrected chi connectivity index (χ1v) is 11.7. The second kappa shape index (κ2) is 9.57. The van der Waals surface area contributed by atoms with Gasteiger partial charge in [0.15, 0.2) is 5.60 Å². The Kier molecular flexibility index (Phi) is 6.89. The van der Waals surface area contributed by atoms with Gasteiger partial charge in [-0.3, -0.25) is 9.38 Å². The molecule has 0 radical (unpaired) electrons. The summed E-state index contributed by atoms with van der Waals surface area (Å²) in [7, 11) is 1.19. The predicted molar refractivity (Wildman–Crippen MR) is 129 cm³/mol. The van der Waals surface area contributed by atoms with E-state index in [0.29, 0.717) is 6.92 Å². The number of aliphatic hydroxyl groups is 1. The fraction of sp³-hybridized carbons (Fsp3) is 0.500. The number of anilines is 1. The van der Waals surface area contributed by atoms with Crippen molar-refractivity contribution in [1.82, 2.24) is 24.3 Å². The molecule has 1 fully saturated rings. The Hall–Kier alpha value is -3.68. The van der Waals surface area contributed by atoms with E-state index in [1.54, 1.807) is 20.8 Å². The van der Waals surface area contributed by atoms with Crippen LogP contribution in [0, 0.1) is 0 Å². The molecule has 4 heterocycles. The summed E-state index contributed by atoms with van der Waals surface area (Å²) in [6.07, 6.45) is -1.81. The van der Waals surface area contributed by atoms with E-state index in [2.05, 4.69) is 20.3 Å². The zero-order chi connectivity index (χ0) is 28.0. The number of fused-ring (bicyclic) bond motifs is 1. The fourth-order valence-corrected chi connectivity index (χ4v) is 4.01. The minimum Gasteiger partial charge on any atom is -0.496 e. The van der Waals surface area contributed by atoms with E-state index in [0.717, 1.165) is 6.20 Å². The molecule has 3 aromatic rings. The monoisotopic (exact) mass is 540 g/mol. The van der Waals surface area contributed by atoms with Gasteiger partial charge < -0.3 is 24.8 Å². The summed E-state index contributed by atoms with van der Waals surface area (Å²) < 4.78 is 67.2. The lowest BCUT2D eigenvalue weighted by molar-refractivity contribution is -0.259. The molecule has 14 heteroatoms. The molecule has 38 heavy (non-hydrogen) atoms. The summed E-state index contributed by atoms with van der Waals surface area (Å²) in [5.41, 5.74) is -3.71. The van der Waals surface area contributed by atoms with Gasteiger partial charge in [-0.2, -0.15) is 13.2 Å². The summed E-state index contributed by atoms with van der Waals surface area (Å²) in [6, 6.07) is 0.485. The van der Waals surface area contributed by atoms with Crippen molar-refractivity contribution in [2.45, 2.75) is 57.3 Å². The van der Waals surface area contributed by atoms with Gasteiger partial charge in [0, 0.05) is 18.8 Å². The molecule has 206 valence electrons. The second-order valence-corrected chi connectivity index (χ2v) is 10.1. The van der Waals surface area contributed by atoms with Gasteiger partial charge in [0.1, 0.15) is 34.7 Å². The maximum atomic E-state index is 14.7. The van der Waals surface area contributed by atoms with Gasteiger partial charge in [0.05, 0.1) is 49.5 Å². The number of amides is 1. The first-order chi connectivity index (χ1) is 17.6. The van der Waals surface area contributed by atoms with E-state index < -0.39 is 41.2 Å². The van der Waals surface area contributed by atoms with Crippen LogP contribution in [0.1, 0.15) is 33.3 Å². The highest BCUT2D eigenvalue weighted by Gasteiger charge is 2.53. The van der Waals surface area contributed by atoms with Crippen LogP contribution in [0.2, 0.25) is 0 Å². The average molecular weight is 541 g/mol. The van der Waals surface area contributed by atoms with Crippen molar-refractivity contribution in [3.05, 3.63) is 36.4 Å². The smallest absolute Gasteiger partial charge is 0.421 e. The molecule has 1 aliphatic heterocycles. The number of rotatable bonds is 5. The second-order valence-electron chi connectivity index (χ2n) is 10.1. The molecule has 1 saturated heterocycles. The lowest BCUT2D eigenvalue weighted by atomic mass is 9.96. The first-order valence-electron chi connectivity index (χ1n) is 11.7. The molecular formula is C24H28F4N6O4. The number of nitrogens with zero attached hydrogens (tertiary/aromatic N) is 5. The van der Waals surface area contributed by atoms with Gasteiger partial charge in [-0.1, -0.05) is 0 Å². The highest BCUT2D eigenvalue weighted by atomic mass is 19.4. The Morgan fingerprint density at radius 1 is 1.16 bits per heavy atom. The predicted octanol–water partition coefficient (Wildman–Crippen LogP) is 3.94. The number of nitrogens with one attached hydrogen (secondary N) is 1. The van der Waals surface area contributed by atoms with Crippen molar-refractivity contribution < 1.29 is 36.9 Å². The molecule has 0 unspecified atom stereocenters. The van der Waals surface area contributed by atoms with Crippen LogP contribution in [-0.2, 0) is 10.3 Å². The molecule has 0 saturated carbocycles. The van der Waals surface area contributed by atoms with Crippen LogP contribution in [-0.4, -0.2) is 79.6 Å². The molecule has 1 aliphatic rings. The van der Waals surface area contributed by atoms with Gasteiger partial charge in [0.2, 0.25) is 0 Å². The lowest BCUT2D eigenvalue weighted by Gasteiger charge is -2.28. The first kappa shape index (κ1) is 27.4. The topological polar surface area (TPSA) is 114 Å². The van der Waals surface area contributed by atoms with Gasteiger partial charge in [-0.05, 0) is 27.7 Å². The molecule has 3 aromatic heterocycles. The van der Waals surface area contributed by atoms with Crippen LogP contribution in [0.4, 0.5) is 28.2 Å². The van der Waals surface area contributed by atoms with E-state index in [-0.39, 0.29) is 41.7 Å². The summed E-state index contributed by atoms with van der Waals surface area (Å²) in [4.78, 5) is 26.3. The van der Waals surface area contributed by atoms with E-state index in [9.17, 15) is 27.5 Å². The zero-order valence-corrected chi connectivity index (χ0v) is 21.4. The standard InChI is InChI=1S/C24H28F4N6O4/c1-22(2,3)38-21(35)33-11-14(25)16(12-33)32-19-9-29-7-15(31-19)17-8-30-20-6-18(37-5)13(10-34(17)20)23(4,36)24(26,27)28/h6-10,14,16,36H,11-12H2,1-5H3,(H,31,32)/t14-,16-,23-/m0/s1. The molecule has 0 aliphatic carbocycles. The number of imidazole rings is 1. The Balaban J connectivity index is 1.62. The van der Waals surface area contributed by atoms with E-state index in [1.807, 2.05) is 0 Å². The number of carbonyl (C=O) groups excluding carboxylic acids is 1. The van der Waals surface area contributed by atoms with Gasteiger partial charge in [0.25, 0.3) is 0 Å². The van der Waals surface area contributed by atoms with Crippen LogP contribution >= 0.6 is 0 Å². The fourth-order valence-electron chi connectivity index (χ4n) is 4.01. The molecule has 1 amide bonds. The van der Waals surface area contributed by atoms with E-state index in [4.69, 9.17) is 9.47 Å². The van der Waals surface area contributed by atoms with Crippen LogP contribution in [0.5, 0.6) is 5.75 Å². The summed E-state index contributed by atoms with van der Waals surface area (Å²) in [5, 5.41) is 13.2. The van der Waals surface area contributed by atoms with Crippen molar-refractivity contribution in [3.8, 4) is 17.1 Å². The van der Waals surface area contributed by atoms with Crippen LogP contribution in [0.15, 0.2) is 30.9 Å². The summed E-state index contributed by atoms with van der Waals surface area (Å²) in [6.45, 7) is 5.66. The van der Waals surface area contributed by atoms with E-state index >= 15 is 0 Å². The molecular weight excluding hydrogens is 512 g/mol. The number of pyridine rings is 1. The van der Waals surface area contributed by atoms with E-state index in [1.165, 1.54) is 41.1 Å². The third-order valence-electron chi connectivity index (χ3n) is 6.04. The normalized spacial score (nSPS) is 19.9. The number of hydrogen-bond acceptors (Lipinski definition) is 8. The summed E-state index contributed by atoms with van der Waals surface area (Å²) >= 11 is 0. The van der Waals surface area contributed by atoms with Crippen molar-refractivity contribution in [3.63, 3.8) is 0 Å². The maximum Gasteiger partial charge on any atom is 0.421 e. The van der Waals surface area contributed by atoms with Crippen molar-refractivity contribution in [1.29, 1.82) is 0 Å². The number of halogens is 4. The number of hydrogen-bond donors (Lipinski definition) is 2. The number of alkyl halides is 4. The highest BCUT2D eigenvalue weighted by molar-refractivity contribution is 5.69. The van der Waals surface area contributed by atoms with Gasteiger partial charge >= 0.3 is 12.3 Å². The van der Waals surface area contributed by atoms with Crippen molar-refractivity contribution in [2.24, 2.45) is 0 Å². The third-order valence-corrected chi connectivity index (χ3v) is 6.04. The van der Waals surface area contributed by atoms with Crippen LogP contribution < -0.4 is 10.1 Å². The largest absolute Gasteiger partial charge is 0.496 e. The Labute approximate surface area is 215 Å². The van der Waals surface area contributed by atoms with Gasteiger partial charge in [-0.25, -0.2) is 19.2 Å². The summed E-state index contributed by atoms with van der Waals surface area (Å²) in [5.74, 6) is -0.00426. The minimum absolute atomic E-state index is 0.0350. The number of carbonyl (C=O) groups is 1. The van der Waals surface area contributed by atoms with Crippen molar-refractivity contribution >= 4 is 17.6 Å². The Bertz CT molecular complexity index is 1340. The molecule has 10 nitrogen and oxygen atoms in total. The number of ether oxygens (including phenoxy) is 2. The SMILES string of the molecule is COc1cc2ncc(-c3cncc(N[C@H]4CN(C(=O)OC(C)(C)C)C[C@@H]4F)n3)n2cc1[C@](C)(O)C(F)(F)F. The molecule has 0 spiro atoms. The third kappa shape index (κ3) is 5.30. The average Bonchev–Trinajstić information content (AvgIpc) is 3.39. The van der Waals surface area contributed by atoms with Crippen molar-refractivity contribution in [2.75, 3.05) is 25.5 Å². The molecule has 0 aromatic carbocycles. The lowest BCUT2D eigenvalue weighted by Crippen LogP contribution is -2.39. The molecule has 3 atom stereocenters. The highest BCUT2D eigenvalue weighted by Crippen LogP contribution is 2.43. The minimum atomic E-state index is -4.98. The molecule has 4 rings (SSSR count). The number of aromatic nitrogens is 4. The number of methoxy groups -OCH3 is 1. The zero-order valence-electron chi connectivity index (χ0n) is 21.4. The molecule has 0 bridgehead atoms. The number of likely N-dealkylation sites (tertiary alicyclic amines) is 1. The van der Waals surface area contributed by atoms with Crippen LogP contribution in [0.25, 0.3) is 17.0 Å².